The van der Waals surface area contributed by atoms with Gasteiger partial charge in [0.25, 0.3) is 5.69 Å². The number of halogens is 1. The molecule has 100 valence electrons. The lowest BCUT2D eigenvalue weighted by atomic mass is 10.1. The molecule has 0 radical (unpaired) electrons. The summed E-state index contributed by atoms with van der Waals surface area (Å²) in [6, 6.07) is 3.90. The van der Waals surface area contributed by atoms with Crippen LogP contribution in [0.1, 0.15) is 6.42 Å². The molecule has 1 aliphatic heterocycles. The van der Waals surface area contributed by atoms with Crippen molar-refractivity contribution in [1.29, 1.82) is 0 Å². The highest BCUT2D eigenvalue weighted by Crippen LogP contribution is 2.28. The Labute approximate surface area is 113 Å². The summed E-state index contributed by atoms with van der Waals surface area (Å²) >= 11 is 5.75. The Hall–Kier alpha value is -2.15. The molecule has 1 aromatic carbocycles. The van der Waals surface area contributed by atoms with Crippen molar-refractivity contribution in [2.75, 3.05) is 11.9 Å². The number of hydrogen-bond acceptors (Lipinski definition) is 4. The third kappa shape index (κ3) is 3.00. The first kappa shape index (κ1) is 13.3. The van der Waals surface area contributed by atoms with E-state index >= 15 is 0 Å². The number of carbonyl (C=O) groups excluding carboxylic acids is 2. The Kier molecular flexibility index (Phi) is 3.66. The van der Waals surface area contributed by atoms with E-state index in [1.165, 1.54) is 18.2 Å². The molecule has 1 aromatic rings. The number of benzene rings is 1. The van der Waals surface area contributed by atoms with E-state index in [1.54, 1.807) is 0 Å². The van der Waals surface area contributed by atoms with Crippen LogP contribution in [0.15, 0.2) is 18.2 Å². The second-order valence-corrected chi connectivity index (χ2v) is 4.55. The minimum Gasteiger partial charge on any atom is -0.355 e. The van der Waals surface area contributed by atoms with Gasteiger partial charge in [-0.2, -0.15) is 0 Å². The monoisotopic (exact) mass is 283 g/mol. The topological polar surface area (TPSA) is 101 Å². The van der Waals surface area contributed by atoms with Gasteiger partial charge < -0.3 is 10.6 Å². The van der Waals surface area contributed by atoms with E-state index in [-0.39, 0.29) is 35.3 Å². The first-order valence-corrected chi connectivity index (χ1v) is 5.86. The number of rotatable bonds is 3. The van der Waals surface area contributed by atoms with Crippen molar-refractivity contribution in [3.8, 4) is 0 Å². The van der Waals surface area contributed by atoms with Gasteiger partial charge in [-0.15, -0.1) is 0 Å². The third-order valence-electron chi connectivity index (χ3n) is 2.76. The van der Waals surface area contributed by atoms with Crippen molar-refractivity contribution < 1.29 is 14.5 Å². The fourth-order valence-corrected chi connectivity index (χ4v) is 1.97. The van der Waals surface area contributed by atoms with Crippen LogP contribution in [0.2, 0.25) is 5.02 Å². The summed E-state index contributed by atoms with van der Waals surface area (Å²) in [5, 5.41) is 16.1. The van der Waals surface area contributed by atoms with Crippen LogP contribution in [-0.4, -0.2) is 23.3 Å². The Morgan fingerprint density at radius 3 is 2.84 bits per heavy atom. The van der Waals surface area contributed by atoms with Crippen molar-refractivity contribution >= 4 is 34.8 Å². The van der Waals surface area contributed by atoms with Gasteiger partial charge in [0, 0.05) is 24.1 Å². The minimum absolute atomic E-state index is 0.0295. The molecule has 1 fully saturated rings. The number of amides is 2. The number of nitro groups is 1. The second-order valence-electron chi connectivity index (χ2n) is 4.11. The summed E-state index contributed by atoms with van der Waals surface area (Å²) in [5.74, 6) is -1.17. The number of carbonyl (C=O) groups is 2. The molecule has 2 amide bonds. The average Bonchev–Trinajstić information content (AvgIpc) is 2.75. The standard InChI is InChI=1S/C11H10ClN3O4/c12-7-1-2-9(15(18)19)8(4-7)14-11(17)6-3-10(16)13-5-6/h1-2,4,6H,3,5H2,(H,13,16)(H,14,17). The molecule has 1 unspecified atom stereocenters. The number of nitro benzene ring substituents is 1. The number of nitrogens with zero attached hydrogens (tertiary/aromatic N) is 1. The fraction of sp³-hybridized carbons (Fsp3) is 0.273. The maximum Gasteiger partial charge on any atom is 0.292 e. The third-order valence-corrected chi connectivity index (χ3v) is 3.00. The number of nitrogens with one attached hydrogen (secondary N) is 2. The number of anilines is 1. The van der Waals surface area contributed by atoms with E-state index in [4.69, 9.17) is 11.6 Å². The molecule has 0 aliphatic carbocycles. The lowest BCUT2D eigenvalue weighted by Gasteiger charge is -2.09. The molecule has 1 atom stereocenters. The molecule has 1 heterocycles. The first-order chi connectivity index (χ1) is 8.97. The van der Waals surface area contributed by atoms with Crippen molar-refractivity contribution in [2.45, 2.75) is 6.42 Å². The lowest BCUT2D eigenvalue weighted by Crippen LogP contribution is -2.25. The summed E-state index contributed by atoms with van der Waals surface area (Å²) in [5.41, 5.74) is -0.211. The van der Waals surface area contributed by atoms with Gasteiger partial charge in [0.2, 0.25) is 11.8 Å². The van der Waals surface area contributed by atoms with Gasteiger partial charge >= 0.3 is 0 Å². The summed E-state index contributed by atoms with van der Waals surface area (Å²) in [4.78, 5) is 33.1. The zero-order chi connectivity index (χ0) is 14.0. The molecule has 1 saturated heterocycles. The quantitative estimate of drug-likeness (QED) is 0.645. The van der Waals surface area contributed by atoms with Crippen LogP contribution in [0.25, 0.3) is 0 Å². The molecule has 1 aliphatic rings. The van der Waals surface area contributed by atoms with Crippen LogP contribution in [0.5, 0.6) is 0 Å². The van der Waals surface area contributed by atoms with Crippen LogP contribution >= 0.6 is 11.6 Å². The molecule has 2 rings (SSSR count). The van der Waals surface area contributed by atoms with Gasteiger partial charge in [-0.25, -0.2) is 0 Å². The molecule has 0 saturated carbocycles. The van der Waals surface area contributed by atoms with Crippen LogP contribution in [0.4, 0.5) is 11.4 Å². The molecule has 7 nitrogen and oxygen atoms in total. The van der Waals surface area contributed by atoms with Crippen molar-refractivity contribution in [3.05, 3.63) is 33.3 Å². The Bertz CT molecular complexity index is 561. The Morgan fingerprint density at radius 2 is 2.26 bits per heavy atom. The van der Waals surface area contributed by atoms with Gasteiger partial charge in [0.1, 0.15) is 5.69 Å². The predicted molar refractivity (Wildman–Crippen MR) is 67.9 cm³/mol. The predicted octanol–water partition coefficient (Wildman–Crippen LogP) is 1.32. The van der Waals surface area contributed by atoms with Crippen LogP contribution < -0.4 is 10.6 Å². The summed E-state index contributed by atoms with van der Waals surface area (Å²) in [6.45, 7) is 0.235. The van der Waals surface area contributed by atoms with E-state index in [1.807, 2.05) is 0 Å². The first-order valence-electron chi connectivity index (χ1n) is 5.49. The SMILES string of the molecule is O=C1CC(C(=O)Nc2cc(Cl)ccc2[N+](=O)[O-])CN1. The molecular weight excluding hydrogens is 274 g/mol. The molecule has 2 N–H and O–H groups in total. The molecule has 8 heteroatoms. The average molecular weight is 284 g/mol. The lowest BCUT2D eigenvalue weighted by molar-refractivity contribution is -0.383. The molecule has 0 aromatic heterocycles. The number of hydrogen-bond donors (Lipinski definition) is 2. The van der Waals surface area contributed by atoms with E-state index in [0.29, 0.717) is 0 Å². The van der Waals surface area contributed by atoms with E-state index in [9.17, 15) is 19.7 Å². The maximum atomic E-state index is 11.9. The van der Waals surface area contributed by atoms with Gasteiger partial charge in [0.05, 0.1) is 10.8 Å². The molecular formula is C11H10ClN3O4. The highest BCUT2D eigenvalue weighted by atomic mass is 35.5. The summed E-state index contributed by atoms with van der Waals surface area (Å²) < 4.78 is 0. The van der Waals surface area contributed by atoms with E-state index in [0.717, 1.165) is 0 Å². The summed E-state index contributed by atoms with van der Waals surface area (Å²) in [7, 11) is 0. The van der Waals surface area contributed by atoms with Gasteiger partial charge in [-0.3, -0.25) is 19.7 Å². The van der Waals surface area contributed by atoms with Gasteiger partial charge in [-0.1, -0.05) is 11.6 Å². The minimum atomic E-state index is -0.607. The highest BCUT2D eigenvalue weighted by molar-refractivity contribution is 6.31. The van der Waals surface area contributed by atoms with Crippen molar-refractivity contribution in [2.24, 2.45) is 5.92 Å². The van der Waals surface area contributed by atoms with E-state index in [2.05, 4.69) is 10.6 Å². The van der Waals surface area contributed by atoms with Crippen molar-refractivity contribution in [3.63, 3.8) is 0 Å². The molecule has 19 heavy (non-hydrogen) atoms. The Balaban J connectivity index is 2.18. The normalized spacial score (nSPS) is 17.9. The van der Waals surface area contributed by atoms with E-state index < -0.39 is 16.7 Å². The van der Waals surface area contributed by atoms with Crippen LogP contribution in [0.3, 0.4) is 0 Å². The zero-order valence-corrected chi connectivity index (χ0v) is 10.4. The maximum absolute atomic E-state index is 11.9. The largest absolute Gasteiger partial charge is 0.355 e. The Morgan fingerprint density at radius 1 is 1.53 bits per heavy atom. The van der Waals surface area contributed by atoms with Crippen molar-refractivity contribution in [1.82, 2.24) is 5.32 Å². The van der Waals surface area contributed by atoms with Crippen LogP contribution in [0, 0.1) is 16.0 Å². The smallest absolute Gasteiger partial charge is 0.292 e. The highest BCUT2D eigenvalue weighted by Gasteiger charge is 2.29. The fourth-order valence-electron chi connectivity index (χ4n) is 1.79. The van der Waals surface area contributed by atoms with Crippen LogP contribution in [-0.2, 0) is 9.59 Å². The second kappa shape index (κ2) is 5.23. The zero-order valence-electron chi connectivity index (χ0n) is 9.68. The molecule has 0 spiro atoms. The van der Waals surface area contributed by atoms with Gasteiger partial charge in [0.15, 0.2) is 0 Å². The molecule has 0 bridgehead atoms. The summed E-state index contributed by atoms with van der Waals surface area (Å²) in [6.07, 6.45) is 0.0835. The van der Waals surface area contributed by atoms with Gasteiger partial charge in [-0.05, 0) is 12.1 Å².